The van der Waals surface area contributed by atoms with Crippen molar-refractivity contribution in [1.29, 1.82) is 0 Å². The quantitative estimate of drug-likeness (QED) is 0.795. The van der Waals surface area contributed by atoms with Crippen LogP contribution in [0.1, 0.15) is 48.9 Å². The van der Waals surface area contributed by atoms with Gasteiger partial charge in [0.15, 0.2) is 0 Å². The monoisotopic (exact) mass is 294 g/mol. The zero-order valence-corrected chi connectivity index (χ0v) is 11.7. The van der Waals surface area contributed by atoms with Gasteiger partial charge in [-0.3, -0.25) is 4.79 Å². The zero-order chi connectivity index (χ0) is 15.5. The summed E-state index contributed by atoms with van der Waals surface area (Å²) in [4.78, 5) is 23.1. The lowest BCUT2D eigenvalue weighted by molar-refractivity contribution is -0.117. The molecule has 0 spiro atoms. The lowest BCUT2D eigenvalue weighted by Crippen LogP contribution is -2.44. The first-order valence-electron chi connectivity index (χ1n) is 7.02. The van der Waals surface area contributed by atoms with Gasteiger partial charge in [0.25, 0.3) is 0 Å². The molecule has 0 bridgehead atoms. The number of hydrogen-bond donors (Lipinski definition) is 3. The molecule has 6 heteroatoms. The Morgan fingerprint density at radius 3 is 2.57 bits per heavy atom. The van der Waals surface area contributed by atoms with Crippen LogP contribution in [0.3, 0.4) is 0 Å². The molecule has 0 heterocycles. The van der Waals surface area contributed by atoms with Gasteiger partial charge in [0, 0.05) is 12.0 Å². The predicted octanol–water partition coefficient (Wildman–Crippen LogP) is 2.51. The van der Waals surface area contributed by atoms with Crippen molar-refractivity contribution in [2.75, 3.05) is 5.32 Å². The van der Waals surface area contributed by atoms with E-state index in [-0.39, 0.29) is 17.7 Å². The van der Waals surface area contributed by atoms with Crippen molar-refractivity contribution < 1.29 is 19.1 Å². The summed E-state index contributed by atoms with van der Waals surface area (Å²) in [6.07, 6.45) is 4.64. The number of carbonyl (C=O) groups excluding carboxylic acids is 1. The fraction of sp³-hybridized carbons (Fsp3) is 0.467. The largest absolute Gasteiger partial charge is 0.478 e. The number of carboxylic acids is 1. The molecule has 1 aliphatic carbocycles. The van der Waals surface area contributed by atoms with Crippen LogP contribution in [0, 0.1) is 5.82 Å². The van der Waals surface area contributed by atoms with Crippen LogP contribution < -0.4 is 11.1 Å². The van der Waals surface area contributed by atoms with Gasteiger partial charge in [-0.2, -0.15) is 0 Å². The summed E-state index contributed by atoms with van der Waals surface area (Å²) >= 11 is 0. The highest BCUT2D eigenvalue weighted by atomic mass is 19.1. The van der Waals surface area contributed by atoms with Gasteiger partial charge in [-0.1, -0.05) is 25.3 Å². The number of carbonyl (C=O) groups is 2. The summed E-state index contributed by atoms with van der Waals surface area (Å²) in [6, 6.07) is 3.65. The number of hydrogen-bond acceptors (Lipinski definition) is 3. The number of amides is 1. The number of rotatable bonds is 4. The normalized spacial score (nSPS) is 17.2. The first-order valence-corrected chi connectivity index (χ1v) is 7.02. The molecular formula is C15H19FN2O3. The molecule has 1 amide bonds. The number of nitrogens with two attached hydrogens (primary N) is 1. The molecule has 0 saturated heterocycles. The van der Waals surface area contributed by atoms with Crippen LogP contribution in [-0.2, 0) is 4.79 Å². The molecule has 1 aliphatic rings. The van der Waals surface area contributed by atoms with Crippen molar-refractivity contribution >= 4 is 17.6 Å². The third-order valence-electron chi connectivity index (χ3n) is 3.87. The molecule has 0 aromatic heterocycles. The summed E-state index contributed by atoms with van der Waals surface area (Å²) in [5, 5.41) is 11.4. The van der Waals surface area contributed by atoms with Crippen LogP contribution in [0.2, 0.25) is 0 Å². The molecular weight excluding hydrogens is 275 g/mol. The number of anilines is 1. The Labute approximate surface area is 122 Å². The van der Waals surface area contributed by atoms with E-state index in [1.54, 1.807) is 0 Å². The number of nitrogens with one attached hydrogen (secondary N) is 1. The van der Waals surface area contributed by atoms with E-state index in [1.165, 1.54) is 12.1 Å². The Kier molecular flexibility index (Phi) is 4.57. The first-order chi connectivity index (χ1) is 9.91. The molecule has 114 valence electrons. The lowest BCUT2D eigenvalue weighted by Gasteiger charge is -2.32. The van der Waals surface area contributed by atoms with E-state index < -0.39 is 23.2 Å². The molecule has 0 aliphatic heterocycles. The van der Waals surface area contributed by atoms with E-state index in [4.69, 9.17) is 10.8 Å². The molecule has 1 aromatic carbocycles. The average molecular weight is 294 g/mol. The third-order valence-corrected chi connectivity index (χ3v) is 3.87. The highest BCUT2D eigenvalue weighted by Crippen LogP contribution is 2.29. The Morgan fingerprint density at radius 2 is 1.95 bits per heavy atom. The predicted molar refractivity (Wildman–Crippen MR) is 76.6 cm³/mol. The maximum absolute atomic E-state index is 13.7. The number of benzene rings is 1. The van der Waals surface area contributed by atoms with Gasteiger partial charge in [0.05, 0.1) is 11.3 Å². The summed E-state index contributed by atoms with van der Waals surface area (Å²) in [5.74, 6) is -2.50. The molecule has 1 fully saturated rings. The molecule has 1 aromatic rings. The maximum atomic E-state index is 13.7. The molecule has 21 heavy (non-hydrogen) atoms. The van der Waals surface area contributed by atoms with Gasteiger partial charge in [-0.25, -0.2) is 9.18 Å². The minimum Gasteiger partial charge on any atom is -0.478 e. The van der Waals surface area contributed by atoms with Gasteiger partial charge >= 0.3 is 5.97 Å². The number of aromatic carboxylic acids is 1. The first kappa shape index (κ1) is 15.4. The second-order valence-electron chi connectivity index (χ2n) is 5.62. The van der Waals surface area contributed by atoms with Crippen molar-refractivity contribution in [1.82, 2.24) is 0 Å². The van der Waals surface area contributed by atoms with Crippen LogP contribution in [-0.4, -0.2) is 22.5 Å². The molecule has 4 N–H and O–H groups in total. The fourth-order valence-electron chi connectivity index (χ4n) is 2.77. The second kappa shape index (κ2) is 6.22. The van der Waals surface area contributed by atoms with Crippen LogP contribution in [0.25, 0.3) is 0 Å². The molecule has 2 rings (SSSR count). The van der Waals surface area contributed by atoms with E-state index >= 15 is 0 Å². The molecule has 0 unspecified atom stereocenters. The second-order valence-corrected chi connectivity index (χ2v) is 5.62. The van der Waals surface area contributed by atoms with E-state index in [1.807, 2.05) is 0 Å². The van der Waals surface area contributed by atoms with Gasteiger partial charge < -0.3 is 16.2 Å². The fourth-order valence-corrected chi connectivity index (χ4v) is 2.77. The molecule has 0 atom stereocenters. The topological polar surface area (TPSA) is 92.4 Å². The highest BCUT2D eigenvalue weighted by Gasteiger charge is 2.30. The van der Waals surface area contributed by atoms with E-state index in [9.17, 15) is 14.0 Å². The highest BCUT2D eigenvalue weighted by molar-refractivity contribution is 6.00. The zero-order valence-electron chi connectivity index (χ0n) is 11.7. The van der Waals surface area contributed by atoms with Crippen LogP contribution in [0.4, 0.5) is 10.1 Å². The molecule has 1 saturated carbocycles. The minimum absolute atomic E-state index is 0.0698. The number of carboxylic acid groups (broad SMARTS) is 1. The van der Waals surface area contributed by atoms with Crippen LogP contribution >= 0.6 is 0 Å². The van der Waals surface area contributed by atoms with Crippen molar-refractivity contribution in [3.8, 4) is 0 Å². The number of para-hydroxylation sites is 1. The summed E-state index contributed by atoms with van der Waals surface area (Å²) in [5.41, 5.74) is 5.04. The van der Waals surface area contributed by atoms with Gasteiger partial charge in [0.1, 0.15) is 5.82 Å². The standard InChI is InChI=1S/C15H19FN2O3/c16-11-6-4-5-10(14(20)21)13(11)18-12(19)9-15(17)7-2-1-3-8-15/h4-6H,1-3,7-9,17H2,(H,18,19)(H,20,21). The minimum atomic E-state index is -1.29. The smallest absolute Gasteiger partial charge is 0.337 e. The van der Waals surface area contributed by atoms with Gasteiger partial charge in [-0.15, -0.1) is 0 Å². The summed E-state index contributed by atoms with van der Waals surface area (Å²) < 4.78 is 13.7. The Balaban J connectivity index is 2.11. The van der Waals surface area contributed by atoms with Crippen molar-refractivity contribution in [2.24, 2.45) is 5.73 Å². The lowest BCUT2D eigenvalue weighted by atomic mass is 9.80. The SMILES string of the molecule is NC1(CC(=O)Nc2c(F)cccc2C(=O)O)CCCCC1. The third kappa shape index (κ3) is 3.78. The van der Waals surface area contributed by atoms with Crippen molar-refractivity contribution in [3.05, 3.63) is 29.6 Å². The summed E-state index contributed by atoms with van der Waals surface area (Å²) in [7, 11) is 0. The number of halogens is 1. The van der Waals surface area contributed by atoms with Gasteiger partial charge in [0.2, 0.25) is 5.91 Å². The Hall–Kier alpha value is -1.95. The Morgan fingerprint density at radius 1 is 1.29 bits per heavy atom. The molecule has 0 radical (unpaired) electrons. The van der Waals surface area contributed by atoms with E-state index in [0.717, 1.165) is 38.2 Å². The van der Waals surface area contributed by atoms with E-state index in [2.05, 4.69) is 5.32 Å². The maximum Gasteiger partial charge on any atom is 0.337 e. The van der Waals surface area contributed by atoms with Crippen LogP contribution in [0.5, 0.6) is 0 Å². The molecule has 5 nitrogen and oxygen atoms in total. The van der Waals surface area contributed by atoms with Crippen LogP contribution in [0.15, 0.2) is 18.2 Å². The van der Waals surface area contributed by atoms with Crippen molar-refractivity contribution in [2.45, 2.75) is 44.1 Å². The van der Waals surface area contributed by atoms with Crippen molar-refractivity contribution in [3.63, 3.8) is 0 Å². The summed E-state index contributed by atoms with van der Waals surface area (Å²) in [6.45, 7) is 0. The van der Waals surface area contributed by atoms with Gasteiger partial charge in [-0.05, 0) is 25.0 Å². The average Bonchev–Trinajstić information content (AvgIpc) is 2.41. The van der Waals surface area contributed by atoms with E-state index in [0.29, 0.717) is 0 Å². The Bertz CT molecular complexity index is 554.